The van der Waals surface area contributed by atoms with E-state index in [9.17, 15) is 0 Å². The molecule has 1 aliphatic carbocycles. The van der Waals surface area contributed by atoms with Crippen molar-refractivity contribution in [2.45, 2.75) is 25.6 Å². The van der Waals surface area contributed by atoms with Gasteiger partial charge < -0.3 is 10.2 Å². The van der Waals surface area contributed by atoms with Gasteiger partial charge in [-0.3, -0.25) is 0 Å². The number of hydrogen-bond donors (Lipinski definition) is 2. The summed E-state index contributed by atoms with van der Waals surface area (Å²) in [7, 11) is 0. The number of aliphatic hydroxyl groups is 2. The van der Waals surface area contributed by atoms with Gasteiger partial charge in [0.1, 0.15) is 5.15 Å². The van der Waals surface area contributed by atoms with E-state index in [0.717, 1.165) is 30.5 Å². The Labute approximate surface area is 81.0 Å². The first-order valence-corrected chi connectivity index (χ1v) is 4.60. The van der Waals surface area contributed by atoms with E-state index < -0.39 is 6.29 Å². The van der Waals surface area contributed by atoms with Crippen molar-refractivity contribution in [3.05, 3.63) is 28.0 Å². The molecule has 0 atom stereocenters. The predicted molar refractivity (Wildman–Crippen MR) is 48.5 cm³/mol. The fourth-order valence-electron chi connectivity index (χ4n) is 1.65. The lowest BCUT2D eigenvalue weighted by atomic mass is 10.1. The van der Waals surface area contributed by atoms with Gasteiger partial charge in [-0.05, 0) is 30.9 Å². The topological polar surface area (TPSA) is 53.4 Å². The molecule has 1 aromatic heterocycles. The van der Waals surface area contributed by atoms with Crippen LogP contribution in [0.15, 0.2) is 6.07 Å². The highest BCUT2D eigenvalue weighted by atomic mass is 35.5. The van der Waals surface area contributed by atoms with Gasteiger partial charge in [-0.25, -0.2) is 4.98 Å². The maximum atomic E-state index is 8.97. The Hall–Kier alpha value is -0.640. The van der Waals surface area contributed by atoms with Crippen LogP contribution in [-0.4, -0.2) is 15.2 Å². The highest BCUT2D eigenvalue weighted by Crippen LogP contribution is 2.27. The zero-order chi connectivity index (χ0) is 9.42. The second-order valence-electron chi connectivity index (χ2n) is 3.20. The number of fused-ring (bicyclic) bond motifs is 1. The molecule has 0 aliphatic heterocycles. The molecule has 0 unspecified atom stereocenters. The lowest BCUT2D eigenvalue weighted by Gasteiger charge is -2.08. The minimum absolute atomic E-state index is 0.204. The summed E-state index contributed by atoms with van der Waals surface area (Å²) in [5.74, 6) is 0. The maximum absolute atomic E-state index is 8.97. The summed E-state index contributed by atoms with van der Waals surface area (Å²) in [6, 6.07) is 1.74. The van der Waals surface area contributed by atoms with E-state index in [0.29, 0.717) is 5.56 Å². The van der Waals surface area contributed by atoms with Crippen LogP contribution in [0.25, 0.3) is 0 Å². The van der Waals surface area contributed by atoms with Gasteiger partial charge in [-0.2, -0.15) is 0 Å². The maximum Gasteiger partial charge on any atom is 0.181 e. The molecule has 0 amide bonds. The predicted octanol–water partition coefficient (Wildman–Crippen LogP) is 1.21. The van der Waals surface area contributed by atoms with Gasteiger partial charge in [0.25, 0.3) is 0 Å². The number of halogens is 1. The normalized spacial score (nSPS) is 15.1. The first kappa shape index (κ1) is 8.94. The number of pyridine rings is 1. The second-order valence-corrected chi connectivity index (χ2v) is 3.56. The minimum Gasteiger partial charge on any atom is -0.364 e. The number of aliphatic hydroxyl groups excluding tert-OH is 1. The van der Waals surface area contributed by atoms with E-state index >= 15 is 0 Å². The first-order chi connectivity index (χ1) is 6.18. The molecule has 0 saturated heterocycles. The van der Waals surface area contributed by atoms with Crippen molar-refractivity contribution in [1.82, 2.24) is 4.98 Å². The largest absolute Gasteiger partial charge is 0.364 e. The molecule has 0 saturated carbocycles. The van der Waals surface area contributed by atoms with Crippen molar-refractivity contribution >= 4 is 11.6 Å². The van der Waals surface area contributed by atoms with Crippen LogP contribution < -0.4 is 0 Å². The van der Waals surface area contributed by atoms with E-state index in [1.165, 1.54) is 0 Å². The fourth-order valence-corrected chi connectivity index (χ4v) is 1.90. The third-order valence-corrected chi connectivity index (χ3v) is 2.61. The summed E-state index contributed by atoms with van der Waals surface area (Å²) in [5, 5.41) is 18.1. The Morgan fingerprint density at radius 1 is 1.38 bits per heavy atom. The van der Waals surface area contributed by atoms with E-state index in [-0.39, 0.29) is 5.15 Å². The quantitative estimate of drug-likeness (QED) is 0.528. The Morgan fingerprint density at radius 2 is 2.15 bits per heavy atom. The van der Waals surface area contributed by atoms with Gasteiger partial charge in [0.2, 0.25) is 0 Å². The minimum atomic E-state index is -1.52. The smallest absolute Gasteiger partial charge is 0.181 e. The molecule has 0 spiro atoms. The Balaban J connectivity index is 2.49. The molecular formula is C9H10ClNO2. The van der Waals surface area contributed by atoms with Crippen molar-refractivity contribution in [3.63, 3.8) is 0 Å². The van der Waals surface area contributed by atoms with Crippen LogP contribution in [0.2, 0.25) is 5.15 Å². The summed E-state index contributed by atoms with van der Waals surface area (Å²) in [5.41, 5.74) is 2.39. The van der Waals surface area contributed by atoms with Crippen molar-refractivity contribution in [1.29, 1.82) is 0 Å². The fraction of sp³-hybridized carbons (Fsp3) is 0.444. The van der Waals surface area contributed by atoms with Gasteiger partial charge in [0.15, 0.2) is 6.29 Å². The summed E-state index contributed by atoms with van der Waals surface area (Å²) in [4.78, 5) is 4.12. The summed E-state index contributed by atoms with van der Waals surface area (Å²) < 4.78 is 0. The van der Waals surface area contributed by atoms with Gasteiger partial charge in [-0.1, -0.05) is 11.6 Å². The van der Waals surface area contributed by atoms with Crippen LogP contribution in [-0.2, 0) is 12.8 Å². The van der Waals surface area contributed by atoms with E-state index in [4.69, 9.17) is 21.8 Å². The van der Waals surface area contributed by atoms with E-state index in [2.05, 4.69) is 4.98 Å². The summed E-state index contributed by atoms with van der Waals surface area (Å²) in [6.45, 7) is 0. The first-order valence-electron chi connectivity index (χ1n) is 4.23. The lowest BCUT2D eigenvalue weighted by molar-refractivity contribution is -0.0426. The number of hydrogen-bond acceptors (Lipinski definition) is 3. The zero-order valence-electron chi connectivity index (χ0n) is 7.00. The van der Waals surface area contributed by atoms with Gasteiger partial charge >= 0.3 is 0 Å². The van der Waals surface area contributed by atoms with Crippen LogP contribution in [0.4, 0.5) is 0 Å². The zero-order valence-corrected chi connectivity index (χ0v) is 7.75. The second kappa shape index (κ2) is 3.25. The molecule has 0 radical (unpaired) electrons. The van der Waals surface area contributed by atoms with E-state index in [1.807, 2.05) is 0 Å². The molecule has 0 aromatic carbocycles. The number of aryl methyl sites for hydroxylation is 2. The number of rotatable bonds is 1. The molecule has 2 N–H and O–H groups in total. The lowest BCUT2D eigenvalue weighted by Crippen LogP contribution is -2.00. The molecule has 3 nitrogen and oxygen atoms in total. The van der Waals surface area contributed by atoms with E-state index in [1.54, 1.807) is 6.07 Å². The van der Waals surface area contributed by atoms with Crippen LogP contribution >= 0.6 is 11.6 Å². The molecule has 1 aliphatic rings. The number of aromatic nitrogens is 1. The summed E-state index contributed by atoms with van der Waals surface area (Å²) in [6.07, 6.45) is 1.45. The third-order valence-electron chi connectivity index (χ3n) is 2.31. The number of nitrogens with zero attached hydrogens (tertiary/aromatic N) is 1. The van der Waals surface area contributed by atoms with Crippen LogP contribution in [0.1, 0.15) is 29.5 Å². The van der Waals surface area contributed by atoms with Gasteiger partial charge in [0, 0.05) is 11.3 Å². The molecule has 13 heavy (non-hydrogen) atoms. The molecule has 2 rings (SSSR count). The molecule has 4 heteroatoms. The van der Waals surface area contributed by atoms with Crippen molar-refractivity contribution in [2.24, 2.45) is 0 Å². The Kier molecular flexibility index (Phi) is 2.24. The molecule has 1 heterocycles. The SMILES string of the molecule is OC(O)c1cc2c(nc1Cl)CCC2. The molecule has 0 fully saturated rings. The Morgan fingerprint density at radius 3 is 2.85 bits per heavy atom. The Bertz CT molecular complexity index is 339. The molecular weight excluding hydrogens is 190 g/mol. The standard InChI is InChI=1S/C9H10ClNO2/c10-8-6(9(12)13)4-5-2-1-3-7(5)11-8/h4,9,12-13H,1-3H2. The van der Waals surface area contributed by atoms with Crippen molar-refractivity contribution in [2.75, 3.05) is 0 Å². The summed E-state index contributed by atoms with van der Waals surface area (Å²) >= 11 is 5.77. The molecule has 70 valence electrons. The monoisotopic (exact) mass is 199 g/mol. The third kappa shape index (κ3) is 1.55. The van der Waals surface area contributed by atoms with Gasteiger partial charge in [-0.15, -0.1) is 0 Å². The van der Waals surface area contributed by atoms with Gasteiger partial charge in [0.05, 0.1) is 0 Å². The van der Waals surface area contributed by atoms with Crippen molar-refractivity contribution < 1.29 is 10.2 Å². The van der Waals surface area contributed by atoms with Crippen LogP contribution in [0, 0.1) is 0 Å². The molecule has 0 bridgehead atoms. The van der Waals surface area contributed by atoms with Crippen LogP contribution in [0.5, 0.6) is 0 Å². The van der Waals surface area contributed by atoms with Crippen LogP contribution in [0.3, 0.4) is 0 Å². The average molecular weight is 200 g/mol. The molecule has 1 aromatic rings. The average Bonchev–Trinajstić information content (AvgIpc) is 2.48. The van der Waals surface area contributed by atoms with Crippen molar-refractivity contribution in [3.8, 4) is 0 Å². The highest BCUT2D eigenvalue weighted by molar-refractivity contribution is 6.30. The highest BCUT2D eigenvalue weighted by Gasteiger charge is 2.17.